The van der Waals surface area contributed by atoms with E-state index >= 15 is 0 Å². The van der Waals surface area contributed by atoms with Crippen LogP contribution in [0.15, 0.2) is 47.7 Å². The van der Waals surface area contributed by atoms with E-state index in [-0.39, 0.29) is 0 Å². The normalized spacial score (nSPS) is 14.3. The van der Waals surface area contributed by atoms with Gasteiger partial charge in [-0.15, -0.1) is 0 Å². The highest BCUT2D eigenvalue weighted by Crippen LogP contribution is 2.19. The molecule has 0 saturated heterocycles. The molecule has 16 heavy (non-hydrogen) atoms. The van der Waals surface area contributed by atoms with Crippen LogP contribution in [0.4, 0.5) is 0 Å². The second-order valence-electron chi connectivity index (χ2n) is 3.45. The van der Waals surface area contributed by atoms with E-state index in [1.165, 1.54) is 0 Å². The van der Waals surface area contributed by atoms with Crippen molar-refractivity contribution in [2.45, 2.75) is 6.92 Å². The molecule has 3 nitrogen and oxygen atoms in total. The van der Waals surface area contributed by atoms with Gasteiger partial charge in [0.1, 0.15) is 5.75 Å². The van der Waals surface area contributed by atoms with Gasteiger partial charge < -0.3 is 4.74 Å². The van der Waals surface area contributed by atoms with Gasteiger partial charge in [0.25, 0.3) is 0 Å². The second-order valence-corrected chi connectivity index (χ2v) is 3.45. The van der Waals surface area contributed by atoms with Crippen molar-refractivity contribution < 1.29 is 4.74 Å². The van der Waals surface area contributed by atoms with E-state index in [2.05, 4.69) is 17.1 Å². The first-order chi connectivity index (χ1) is 7.79. The molecule has 0 amide bonds. The molecule has 3 heteroatoms. The predicted molar refractivity (Wildman–Crippen MR) is 66.4 cm³/mol. The Morgan fingerprint density at radius 1 is 1.31 bits per heavy atom. The third kappa shape index (κ3) is 2.31. The van der Waals surface area contributed by atoms with E-state index in [4.69, 9.17) is 4.74 Å². The third-order valence-electron chi connectivity index (χ3n) is 2.24. The average Bonchev–Trinajstić information content (AvgIpc) is 2.30. The Kier molecular flexibility index (Phi) is 3.05. The van der Waals surface area contributed by atoms with Gasteiger partial charge in [0, 0.05) is 11.3 Å². The topological polar surface area (TPSA) is 33.6 Å². The van der Waals surface area contributed by atoms with Crippen molar-refractivity contribution >= 4 is 11.8 Å². The number of hydrazone groups is 1. The Bertz CT molecular complexity index is 444. The molecule has 0 aliphatic carbocycles. The van der Waals surface area contributed by atoms with E-state index < -0.39 is 0 Å². The summed E-state index contributed by atoms with van der Waals surface area (Å²) >= 11 is 0. The molecule has 0 radical (unpaired) electrons. The maximum Gasteiger partial charge on any atom is 0.119 e. The summed E-state index contributed by atoms with van der Waals surface area (Å²) in [6.07, 6.45) is 3.74. The first kappa shape index (κ1) is 10.5. The van der Waals surface area contributed by atoms with Crippen LogP contribution < -0.4 is 10.2 Å². The number of benzene rings is 1. The minimum absolute atomic E-state index is 0.685. The number of nitrogens with one attached hydrogen (secondary N) is 1. The minimum atomic E-state index is 0.685. The second kappa shape index (κ2) is 4.66. The molecule has 0 unspecified atom stereocenters. The summed E-state index contributed by atoms with van der Waals surface area (Å²) in [5.41, 5.74) is 5.74. The fourth-order valence-corrected chi connectivity index (χ4v) is 1.51. The number of hydrogen-bond donors (Lipinski definition) is 1. The molecule has 1 aliphatic heterocycles. The van der Waals surface area contributed by atoms with Crippen LogP contribution in [0.25, 0.3) is 5.57 Å². The van der Waals surface area contributed by atoms with Gasteiger partial charge in [-0.1, -0.05) is 18.7 Å². The van der Waals surface area contributed by atoms with Gasteiger partial charge in [0.2, 0.25) is 0 Å². The zero-order valence-corrected chi connectivity index (χ0v) is 9.23. The SMILES string of the molecule is C=C1C=C(c2ccc(OCC)cc2)C=NN1. The molecule has 0 atom stereocenters. The van der Waals surface area contributed by atoms with E-state index in [9.17, 15) is 0 Å². The lowest BCUT2D eigenvalue weighted by Gasteiger charge is -2.10. The Morgan fingerprint density at radius 3 is 2.69 bits per heavy atom. The molecular formula is C13H14N2O. The molecule has 1 heterocycles. The molecule has 82 valence electrons. The first-order valence-corrected chi connectivity index (χ1v) is 5.22. The molecule has 0 spiro atoms. The van der Waals surface area contributed by atoms with Crippen LogP contribution in [0.3, 0.4) is 0 Å². The molecule has 0 saturated carbocycles. The van der Waals surface area contributed by atoms with Crippen molar-refractivity contribution in [3.8, 4) is 5.75 Å². The highest BCUT2D eigenvalue weighted by atomic mass is 16.5. The number of hydrogen-bond acceptors (Lipinski definition) is 3. The Morgan fingerprint density at radius 2 is 2.06 bits per heavy atom. The lowest BCUT2D eigenvalue weighted by Crippen LogP contribution is -2.08. The van der Waals surface area contributed by atoms with E-state index in [0.717, 1.165) is 22.6 Å². The summed E-state index contributed by atoms with van der Waals surface area (Å²) < 4.78 is 5.39. The average molecular weight is 214 g/mol. The van der Waals surface area contributed by atoms with Gasteiger partial charge in [0.05, 0.1) is 12.8 Å². The number of allylic oxidation sites excluding steroid dienone is 2. The van der Waals surface area contributed by atoms with Crippen LogP contribution in [-0.2, 0) is 0 Å². The van der Waals surface area contributed by atoms with Crippen LogP contribution in [0, 0.1) is 0 Å². The number of ether oxygens (including phenoxy) is 1. The summed E-state index contributed by atoms with van der Waals surface area (Å²) in [7, 11) is 0. The Labute approximate surface area is 95.1 Å². The molecular weight excluding hydrogens is 200 g/mol. The Hall–Kier alpha value is -2.03. The molecule has 1 N–H and O–H groups in total. The third-order valence-corrected chi connectivity index (χ3v) is 2.24. The van der Waals surface area contributed by atoms with Crippen molar-refractivity contribution in [1.82, 2.24) is 5.43 Å². The monoisotopic (exact) mass is 214 g/mol. The number of nitrogens with zero attached hydrogens (tertiary/aromatic N) is 1. The number of rotatable bonds is 3. The fraction of sp³-hybridized carbons (Fsp3) is 0.154. The minimum Gasteiger partial charge on any atom is -0.494 e. The maximum atomic E-state index is 5.39. The molecule has 0 aromatic heterocycles. The smallest absolute Gasteiger partial charge is 0.119 e. The summed E-state index contributed by atoms with van der Waals surface area (Å²) in [6, 6.07) is 7.94. The van der Waals surface area contributed by atoms with Crippen LogP contribution >= 0.6 is 0 Å². The Balaban J connectivity index is 2.21. The largest absolute Gasteiger partial charge is 0.494 e. The molecule has 0 bridgehead atoms. The van der Waals surface area contributed by atoms with Crippen LogP contribution in [-0.4, -0.2) is 12.8 Å². The van der Waals surface area contributed by atoms with Crippen molar-refractivity contribution in [1.29, 1.82) is 0 Å². The zero-order chi connectivity index (χ0) is 11.4. The van der Waals surface area contributed by atoms with Gasteiger partial charge >= 0.3 is 0 Å². The van der Waals surface area contributed by atoms with Gasteiger partial charge in [-0.25, -0.2) is 0 Å². The van der Waals surface area contributed by atoms with E-state index in [0.29, 0.717) is 6.61 Å². The summed E-state index contributed by atoms with van der Waals surface area (Å²) in [6.45, 7) is 6.47. The lowest BCUT2D eigenvalue weighted by atomic mass is 10.1. The first-order valence-electron chi connectivity index (χ1n) is 5.22. The van der Waals surface area contributed by atoms with E-state index in [1.54, 1.807) is 6.21 Å². The van der Waals surface area contributed by atoms with Crippen molar-refractivity contribution in [3.63, 3.8) is 0 Å². The molecule has 1 aromatic carbocycles. The van der Waals surface area contributed by atoms with Crippen molar-refractivity contribution in [3.05, 3.63) is 48.2 Å². The molecule has 1 aliphatic rings. The summed E-state index contributed by atoms with van der Waals surface area (Å²) in [5, 5.41) is 4.00. The van der Waals surface area contributed by atoms with Gasteiger partial charge in [-0.2, -0.15) is 5.10 Å². The lowest BCUT2D eigenvalue weighted by molar-refractivity contribution is 0.340. The van der Waals surface area contributed by atoms with Crippen LogP contribution in [0.1, 0.15) is 12.5 Å². The zero-order valence-electron chi connectivity index (χ0n) is 9.23. The van der Waals surface area contributed by atoms with Gasteiger partial charge in [-0.3, -0.25) is 5.43 Å². The molecule has 2 rings (SSSR count). The maximum absolute atomic E-state index is 5.39. The van der Waals surface area contributed by atoms with Crippen LogP contribution in [0.5, 0.6) is 5.75 Å². The summed E-state index contributed by atoms with van der Waals surface area (Å²) in [4.78, 5) is 0. The quantitative estimate of drug-likeness (QED) is 0.839. The van der Waals surface area contributed by atoms with Crippen molar-refractivity contribution in [2.24, 2.45) is 5.10 Å². The molecule has 0 fully saturated rings. The van der Waals surface area contributed by atoms with Crippen molar-refractivity contribution in [2.75, 3.05) is 6.61 Å². The molecule has 1 aromatic rings. The highest BCUT2D eigenvalue weighted by Gasteiger charge is 2.03. The summed E-state index contributed by atoms with van der Waals surface area (Å²) in [5.74, 6) is 0.886. The van der Waals surface area contributed by atoms with E-state index in [1.807, 2.05) is 37.3 Å². The highest BCUT2D eigenvalue weighted by molar-refractivity contribution is 6.11. The predicted octanol–water partition coefficient (Wildman–Crippen LogP) is 2.57. The van der Waals surface area contributed by atoms with Gasteiger partial charge in [-0.05, 0) is 30.7 Å². The van der Waals surface area contributed by atoms with Crippen LogP contribution in [0.2, 0.25) is 0 Å². The fourth-order valence-electron chi connectivity index (χ4n) is 1.51. The standard InChI is InChI=1S/C13H14N2O/c1-3-16-13-6-4-11(5-7-13)12-8-10(2)15-14-9-12/h4-9,15H,2-3H2,1H3. The van der Waals surface area contributed by atoms with Gasteiger partial charge in [0.15, 0.2) is 0 Å².